The van der Waals surface area contributed by atoms with E-state index in [9.17, 15) is 18.4 Å². The average Bonchev–Trinajstić information content (AvgIpc) is 3.42. The topological polar surface area (TPSA) is 58.4 Å². The Morgan fingerprint density at radius 1 is 1.11 bits per heavy atom. The van der Waals surface area contributed by atoms with Crippen molar-refractivity contribution in [2.24, 2.45) is 5.92 Å². The van der Waals surface area contributed by atoms with Gasteiger partial charge in [0.2, 0.25) is 5.91 Å². The molecule has 0 spiro atoms. The van der Waals surface area contributed by atoms with Crippen molar-refractivity contribution < 1.29 is 18.4 Å². The molecule has 0 unspecified atom stereocenters. The van der Waals surface area contributed by atoms with E-state index >= 15 is 0 Å². The first-order valence-electron chi connectivity index (χ1n) is 12.0. The van der Waals surface area contributed by atoms with Crippen LogP contribution in [0.4, 0.5) is 8.78 Å². The van der Waals surface area contributed by atoms with Gasteiger partial charge in [-0.1, -0.05) is 19.1 Å². The lowest BCUT2D eigenvalue weighted by molar-refractivity contribution is -0.133. The molecule has 2 aromatic carbocycles. The van der Waals surface area contributed by atoms with Crippen molar-refractivity contribution in [3.63, 3.8) is 0 Å². The van der Waals surface area contributed by atoms with Crippen molar-refractivity contribution in [2.45, 2.75) is 38.6 Å². The first kappa shape index (κ1) is 24.6. The maximum Gasteiger partial charge on any atom is 0.253 e. The van der Waals surface area contributed by atoms with Crippen molar-refractivity contribution in [1.29, 1.82) is 0 Å². The maximum atomic E-state index is 14.4. The second kappa shape index (κ2) is 10.8. The lowest BCUT2D eigenvalue weighted by atomic mass is 9.84. The molecule has 1 atom stereocenters. The van der Waals surface area contributed by atoms with Gasteiger partial charge in [-0.2, -0.15) is 5.10 Å². The van der Waals surface area contributed by atoms with Crippen LogP contribution in [0.5, 0.6) is 0 Å². The molecule has 184 valence electrons. The Bertz CT molecular complexity index is 1170. The second-order valence-corrected chi connectivity index (χ2v) is 9.00. The van der Waals surface area contributed by atoms with Crippen LogP contribution in [0, 0.1) is 17.6 Å². The summed E-state index contributed by atoms with van der Waals surface area (Å²) < 4.78 is 29.5. The molecule has 0 saturated carbocycles. The Balaban J connectivity index is 1.46. The highest BCUT2D eigenvalue weighted by Gasteiger charge is 2.33. The van der Waals surface area contributed by atoms with Gasteiger partial charge in [0.05, 0.1) is 5.69 Å². The molecule has 0 aliphatic carbocycles. The third kappa shape index (κ3) is 5.58. The van der Waals surface area contributed by atoms with Crippen LogP contribution in [0.3, 0.4) is 0 Å². The highest BCUT2D eigenvalue weighted by molar-refractivity contribution is 5.94. The number of nitrogens with zero attached hydrogens (tertiary/aromatic N) is 4. The summed E-state index contributed by atoms with van der Waals surface area (Å²) in [7, 11) is 1.75. The monoisotopic (exact) mass is 480 g/mol. The van der Waals surface area contributed by atoms with E-state index in [0.29, 0.717) is 49.9 Å². The molecule has 1 aromatic heterocycles. The number of amides is 2. The van der Waals surface area contributed by atoms with Gasteiger partial charge < -0.3 is 9.80 Å². The molecule has 3 aromatic rings. The predicted molar refractivity (Wildman–Crippen MR) is 129 cm³/mol. The van der Waals surface area contributed by atoms with E-state index in [4.69, 9.17) is 0 Å². The van der Waals surface area contributed by atoms with Gasteiger partial charge in [0.15, 0.2) is 0 Å². The van der Waals surface area contributed by atoms with Gasteiger partial charge in [0.25, 0.3) is 5.91 Å². The quantitative estimate of drug-likeness (QED) is 0.501. The van der Waals surface area contributed by atoms with Crippen LogP contribution in [0.2, 0.25) is 0 Å². The van der Waals surface area contributed by atoms with E-state index in [0.717, 1.165) is 11.8 Å². The molecule has 0 radical (unpaired) electrons. The molecule has 1 aliphatic heterocycles. The van der Waals surface area contributed by atoms with Crippen molar-refractivity contribution in [3.05, 3.63) is 83.7 Å². The van der Waals surface area contributed by atoms with Crippen LogP contribution in [0.25, 0.3) is 5.69 Å². The minimum atomic E-state index is -0.621. The summed E-state index contributed by atoms with van der Waals surface area (Å²) in [6.07, 6.45) is 5.56. The molecular weight excluding hydrogens is 450 g/mol. The van der Waals surface area contributed by atoms with Crippen LogP contribution >= 0.6 is 0 Å². The maximum absolute atomic E-state index is 14.4. The lowest BCUT2D eigenvalue weighted by Crippen LogP contribution is -2.48. The molecule has 0 N–H and O–H groups in total. The lowest BCUT2D eigenvalue weighted by Gasteiger charge is -2.40. The summed E-state index contributed by atoms with van der Waals surface area (Å²) in [6, 6.07) is 12.5. The summed E-state index contributed by atoms with van der Waals surface area (Å²) in [5.41, 5.74) is 1.80. The van der Waals surface area contributed by atoms with Gasteiger partial charge in [-0.15, -0.1) is 0 Å². The molecule has 1 fully saturated rings. The number of likely N-dealkylation sites (tertiary alicyclic amines) is 1. The van der Waals surface area contributed by atoms with Gasteiger partial charge in [-0.3, -0.25) is 9.59 Å². The molecular formula is C27H30F2N4O2. The molecule has 1 saturated heterocycles. The Labute approximate surface area is 204 Å². The first-order valence-corrected chi connectivity index (χ1v) is 12.0. The van der Waals surface area contributed by atoms with E-state index < -0.39 is 11.6 Å². The molecule has 1 aliphatic rings. The standard InChI is InChI=1S/C27H30F2N4O2/c1-3-26(34)31(2)25(17-20-8-9-22(28)18-24(20)29)19-10-14-32(15-11-19)27(35)21-6-4-7-23(16-21)33-13-5-12-30-33/h4-9,12-13,16,18-19,25H,3,10-11,14-15,17H2,1-2H3/t25-/m1/s1. The number of hydrogen-bond acceptors (Lipinski definition) is 3. The summed E-state index contributed by atoms with van der Waals surface area (Å²) in [6.45, 7) is 2.89. The molecule has 4 rings (SSSR count). The van der Waals surface area contributed by atoms with E-state index in [-0.39, 0.29) is 23.8 Å². The van der Waals surface area contributed by atoms with Crippen LogP contribution < -0.4 is 0 Å². The second-order valence-electron chi connectivity index (χ2n) is 9.00. The number of likely N-dealkylation sites (N-methyl/N-ethyl adjacent to an activating group) is 1. The van der Waals surface area contributed by atoms with E-state index in [1.807, 2.05) is 35.4 Å². The van der Waals surface area contributed by atoms with Gasteiger partial charge in [0, 0.05) is 56.6 Å². The molecule has 2 amide bonds. The highest BCUT2D eigenvalue weighted by atomic mass is 19.1. The smallest absolute Gasteiger partial charge is 0.253 e. The zero-order valence-electron chi connectivity index (χ0n) is 20.0. The average molecular weight is 481 g/mol. The molecule has 35 heavy (non-hydrogen) atoms. The zero-order chi connectivity index (χ0) is 24.9. The molecule has 8 heteroatoms. The van der Waals surface area contributed by atoms with Gasteiger partial charge in [0.1, 0.15) is 11.6 Å². The van der Waals surface area contributed by atoms with E-state index in [1.54, 1.807) is 35.8 Å². The Hall–Kier alpha value is -3.55. The minimum Gasteiger partial charge on any atom is -0.342 e. The minimum absolute atomic E-state index is 0.0218. The van der Waals surface area contributed by atoms with Crippen molar-refractivity contribution >= 4 is 11.8 Å². The normalized spacial score (nSPS) is 15.1. The number of halogens is 2. The van der Waals surface area contributed by atoms with E-state index in [1.165, 1.54) is 12.1 Å². The number of benzene rings is 2. The third-order valence-corrected chi connectivity index (χ3v) is 6.87. The largest absolute Gasteiger partial charge is 0.342 e. The fourth-order valence-electron chi connectivity index (χ4n) is 4.84. The molecule has 2 heterocycles. The van der Waals surface area contributed by atoms with Crippen molar-refractivity contribution in [2.75, 3.05) is 20.1 Å². The van der Waals surface area contributed by atoms with Gasteiger partial charge >= 0.3 is 0 Å². The number of carbonyl (C=O) groups is 2. The summed E-state index contributed by atoms with van der Waals surface area (Å²) in [4.78, 5) is 29.2. The SMILES string of the molecule is CCC(=O)N(C)[C@H](Cc1ccc(F)cc1F)C1CCN(C(=O)c2cccc(-n3cccn3)c2)CC1. The van der Waals surface area contributed by atoms with Crippen LogP contribution in [-0.2, 0) is 11.2 Å². The summed E-state index contributed by atoms with van der Waals surface area (Å²) >= 11 is 0. The van der Waals surface area contributed by atoms with Gasteiger partial charge in [-0.25, -0.2) is 13.5 Å². The summed E-state index contributed by atoms with van der Waals surface area (Å²) in [5.74, 6) is -1.19. The number of hydrogen-bond donors (Lipinski definition) is 0. The number of rotatable bonds is 7. The Morgan fingerprint density at radius 3 is 2.54 bits per heavy atom. The van der Waals surface area contributed by atoms with Crippen LogP contribution in [0.15, 0.2) is 60.9 Å². The number of aromatic nitrogens is 2. The molecule has 0 bridgehead atoms. The Morgan fingerprint density at radius 2 is 1.89 bits per heavy atom. The fourth-order valence-corrected chi connectivity index (χ4v) is 4.84. The highest BCUT2D eigenvalue weighted by Crippen LogP contribution is 2.28. The van der Waals surface area contributed by atoms with Crippen LogP contribution in [-0.4, -0.2) is 57.6 Å². The first-order chi connectivity index (χ1) is 16.9. The van der Waals surface area contributed by atoms with Crippen LogP contribution in [0.1, 0.15) is 42.1 Å². The number of carbonyl (C=O) groups excluding carboxylic acids is 2. The third-order valence-electron chi connectivity index (χ3n) is 6.87. The fraction of sp³-hybridized carbons (Fsp3) is 0.370. The molecule has 6 nitrogen and oxygen atoms in total. The predicted octanol–water partition coefficient (Wildman–Crippen LogP) is 4.48. The summed E-state index contributed by atoms with van der Waals surface area (Å²) in [5, 5.41) is 4.22. The zero-order valence-corrected chi connectivity index (χ0v) is 20.0. The van der Waals surface area contributed by atoms with Crippen molar-refractivity contribution in [1.82, 2.24) is 19.6 Å². The van der Waals surface area contributed by atoms with Gasteiger partial charge in [-0.05, 0) is 61.1 Å². The van der Waals surface area contributed by atoms with Crippen molar-refractivity contribution in [3.8, 4) is 5.69 Å². The Kier molecular flexibility index (Phi) is 7.58. The van der Waals surface area contributed by atoms with E-state index in [2.05, 4.69) is 5.10 Å². The number of piperidine rings is 1.